The summed E-state index contributed by atoms with van der Waals surface area (Å²) in [6.45, 7) is 6.56. The van der Waals surface area contributed by atoms with Crippen molar-refractivity contribution in [2.45, 2.75) is 33.3 Å². The standard InChI is InChI=1S/C6H13O.Al.2H/c1-4-5(2)6(3)7;;;/h5-6H,4H2,1-3H3;;;/q-1;+1;;. The SMILES string of the molecule is CCC(C)C(C)[O][AlH2]. The van der Waals surface area contributed by atoms with Gasteiger partial charge in [0.05, 0.1) is 0 Å². The molecule has 1 nitrogen and oxygen atoms in total. The van der Waals surface area contributed by atoms with Gasteiger partial charge in [-0.25, -0.2) is 0 Å². The number of rotatable bonds is 3. The molecule has 0 saturated carbocycles. The van der Waals surface area contributed by atoms with Crippen LogP contribution in [0, 0.1) is 5.92 Å². The lowest BCUT2D eigenvalue weighted by Gasteiger charge is -2.17. The first-order valence-electron chi connectivity index (χ1n) is 3.25. The molecule has 8 heavy (non-hydrogen) atoms. The lowest BCUT2D eigenvalue weighted by molar-refractivity contribution is 0.173. The molecule has 0 spiro atoms. The summed E-state index contributed by atoms with van der Waals surface area (Å²) in [4.78, 5) is 0. The maximum Gasteiger partial charge on any atom is 0.410 e. The fourth-order valence-electron chi connectivity index (χ4n) is 0.564. The molecular formula is C6H15AlO. The quantitative estimate of drug-likeness (QED) is 0.517. The van der Waals surface area contributed by atoms with E-state index in [2.05, 4.69) is 20.8 Å². The summed E-state index contributed by atoms with van der Waals surface area (Å²) < 4.78 is 5.24. The molecule has 0 N–H and O–H groups in total. The highest BCUT2D eigenvalue weighted by molar-refractivity contribution is 5.98. The molecule has 0 aromatic rings. The van der Waals surface area contributed by atoms with Gasteiger partial charge in [-0.2, -0.15) is 0 Å². The average Bonchev–Trinajstić information content (AvgIpc) is 1.84. The van der Waals surface area contributed by atoms with E-state index < -0.39 is 0 Å². The van der Waals surface area contributed by atoms with Crippen molar-refractivity contribution >= 4 is 16.6 Å². The van der Waals surface area contributed by atoms with Gasteiger partial charge in [0, 0.05) is 6.10 Å². The minimum absolute atomic E-state index is 0.478. The van der Waals surface area contributed by atoms with Crippen molar-refractivity contribution in [3.05, 3.63) is 0 Å². The van der Waals surface area contributed by atoms with E-state index in [1.165, 1.54) is 6.42 Å². The zero-order valence-electron chi connectivity index (χ0n) is 6.27. The molecule has 0 aliphatic rings. The second-order valence-electron chi connectivity index (χ2n) is 2.33. The van der Waals surface area contributed by atoms with Crippen molar-refractivity contribution in [2.75, 3.05) is 0 Å². The van der Waals surface area contributed by atoms with Gasteiger partial charge in [-0.15, -0.1) is 0 Å². The van der Waals surface area contributed by atoms with Crippen molar-refractivity contribution in [1.82, 2.24) is 0 Å². The van der Waals surface area contributed by atoms with Gasteiger partial charge >= 0.3 is 16.6 Å². The van der Waals surface area contributed by atoms with Crippen LogP contribution in [0.2, 0.25) is 0 Å². The fraction of sp³-hybridized carbons (Fsp3) is 1.00. The Bertz CT molecular complexity index is 48.5. The lowest BCUT2D eigenvalue weighted by Crippen LogP contribution is -2.15. The number of hydrogen-bond acceptors (Lipinski definition) is 1. The number of hydrogen-bond donors (Lipinski definition) is 0. The summed E-state index contributed by atoms with van der Waals surface area (Å²) in [7, 11) is 0. The van der Waals surface area contributed by atoms with Crippen LogP contribution in [0.25, 0.3) is 0 Å². The first-order valence-corrected chi connectivity index (χ1v) is 4.06. The third-order valence-corrected chi connectivity index (χ3v) is 2.56. The second kappa shape index (κ2) is 4.38. The molecule has 0 saturated heterocycles. The molecule has 0 aromatic heterocycles. The van der Waals surface area contributed by atoms with Crippen LogP contribution < -0.4 is 0 Å². The highest BCUT2D eigenvalue weighted by Crippen LogP contribution is 2.08. The molecule has 0 rings (SSSR count). The molecule has 48 valence electrons. The summed E-state index contributed by atoms with van der Waals surface area (Å²) in [5.74, 6) is 0.729. The summed E-state index contributed by atoms with van der Waals surface area (Å²) in [6.07, 6.45) is 1.70. The highest BCUT2D eigenvalue weighted by atomic mass is 27.1. The van der Waals surface area contributed by atoms with Crippen LogP contribution in [0.1, 0.15) is 27.2 Å². The minimum atomic E-state index is 0.478. The van der Waals surface area contributed by atoms with E-state index in [9.17, 15) is 0 Å². The van der Waals surface area contributed by atoms with Gasteiger partial charge in [0.2, 0.25) is 0 Å². The topological polar surface area (TPSA) is 9.23 Å². The third kappa shape index (κ3) is 2.72. The summed E-state index contributed by atoms with van der Waals surface area (Å²) >= 11 is 0.875. The van der Waals surface area contributed by atoms with Crippen LogP contribution in [0.3, 0.4) is 0 Å². The molecule has 0 amide bonds. The largest absolute Gasteiger partial charge is 0.504 e. The van der Waals surface area contributed by atoms with E-state index in [-0.39, 0.29) is 0 Å². The van der Waals surface area contributed by atoms with Crippen molar-refractivity contribution in [2.24, 2.45) is 5.92 Å². The summed E-state index contributed by atoms with van der Waals surface area (Å²) in [5, 5.41) is 0. The highest BCUT2D eigenvalue weighted by Gasteiger charge is 2.05. The Hall–Kier alpha value is 0.492. The molecule has 2 heteroatoms. The maximum atomic E-state index is 5.24. The van der Waals surface area contributed by atoms with Crippen LogP contribution in [0.4, 0.5) is 0 Å². The van der Waals surface area contributed by atoms with E-state index in [1.54, 1.807) is 0 Å². The third-order valence-electron chi connectivity index (χ3n) is 1.82. The fourth-order valence-corrected chi connectivity index (χ4v) is 1.03. The Morgan fingerprint density at radius 2 is 2.00 bits per heavy atom. The van der Waals surface area contributed by atoms with Crippen LogP contribution >= 0.6 is 0 Å². The average molecular weight is 130 g/mol. The van der Waals surface area contributed by atoms with Gasteiger partial charge in [-0.1, -0.05) is 20.3 Å². The van der Waals surface area contributed by atoms with Gasteiger partial charge in [-0.3, -0.25) is 0 Å². The van der Waals surface area contributed by atoms with Crippen LogP contribution in [-0.4, -0.2) is 22.7 Å². The predicted molar refractivity (Wildman–Crippen MR) is 38.5 cm³/mol. The first-order chi connectivity index (χ1) is 3.72. The Balaban J connectivity index is 3.29. The van der Waals surface area contributed by atoms with E-state index >= 15 is 0 Å². The van der Waals surface area contributed by atoms with E-state index in [1.807, 2.05) is 0 Å². The van der Waals surface area contributed by atoms with Gasteiger partial charge < -0.3 is 3.79 Å². The van der Waals surface area contributed by atoms with Crippen molar-refractivity contribution < 1.29 is 3.79 Å². The van der Waals surface area contributed by atoms with E-state index in [0.29, 0.717) is 6.10 Å². The molecule has 0 heterocycles. The summed E-state index contributed by atoms with van der Waals surface area (Å²) in [6, 6.07) is 0. The van der Waals surface area contributed by atoms with Gasteiger partial charge in [0.25, 0.3) is 0 Å². The van der Waals surface area contributed by atoms with Crippen molar-refractivity contribution in [3.63, 3.8) is 0 Å². The Morgan fingerprint density at radius 1 is 1.50 bits per heavy atom. The normalized spacial score (nSPS) is 17.9. The molecule has 2 atom stereocenters. The minimum Gasteiger partial charge on any atom is -0.504 e. The maximum absolute atomic E-state index is 5.24. The summed E-state index contributed by atoms with van der Waals surface area (Å²) in [5.41, 5.74) is 0. The van der Waals surface area contributed by atoms with Crippen molar-refractivity contribution in [1.29, 1.82) is 0 Å². The van der Waals surface area contributed by atoms with Gasteiger partial charge in [-0.05, 0) is 12.8 Å². The Kier molecular flexibility index (Phi) is 4.65. The van der Waals surface area contributed by atoms with Crippen LogP contribution in [-0.2, 0) is 3.79 Å². The molecule has 0 aliphatic carbocycles. The van der Waals surface area contributed by atoms with Crippen LogP contribution in [0.5, 0.6) is 0 Å². The zero-order chi connectivity index (χ0) is 6.57. The molecule has 0 bridgehead atoms. The first kappa shape index (κ1) is 8.49. The molecular weight excluding hydrogens is 115 g/mol. The van der Waals surface area contributed by atoms with Gasteiger partial charge in [0.1, 0.15) is 0 Å². The second-order valence-corrected chi connectivity index (χ2v) is 2.80. The van der Waals surface area contributed by atoms with Gasteiger partial charge in [0.15, 0.2) is 0 Å². The molecule has 0 radical (unpaired) electrons. The van der Waals surface area contributed by atoms with Crippen LogP contribution in [0.15, 0.2) is 0 Å². The Morgan fingerprint density at radius 3 is 2.12 bits per heavy atom. The molecule has 0 fully saturated rings. The zero-order valence-corrected chi connectivity index (χ0v) is 8.27. The monoisotopic (exact) mass is 130 g/mol. The molecule has 0 aromatic carbocycles. The van der Waals surface area contributed by atoms with E-state index in [0.717, 1.165) is 22.5 Å². The Labute approximate surface area is 60.2 Å². The van der Waals surface area contributed by atoms with Crippen molar-refractivity contribution in [3.8, 4) is 0 Å². The molecule has 2 unspecified atom stereocenters. The lowest BCUT2D eigenvalue weighted by atomic mass is 10.0. The predicted octanol–water partition coefficient (Wildman–Crippen LogP) is 0.986. The smallest absolute Gasteiger partial charge is 0.410 e. The molecule has 0 aliphatic heterocycles. The van der Waals surface area contributed by atoms with E-state index in [4.69, 9.17) is 3.79 Å².